The van der Waals surface area contributed by atoms with E-state index < -0.39 is 15.6 Å². The largest absolute Gasteiger partial charge is 0.268 e. The smallest absolute Gasteiger partial charge is 0.267 e. The van der Waals surface area contributed by atoms with Crippen molar-refractivity contribution in [3.8, 4) is 0 Å². The van der Waals surface area contributed by atoms with E-state index in [0.717, 1.165) is 16.9 Å². The number of sulfonamides is 1. The van der Waals surface area contributed by atoms with Crippen LogP contribution in [0.3, 0.4) is 0 Å². The molecule has 7 heteroatoms. The van der Waals surface area contributed by atoms with Gasteiger partial charge in [-0.2, -0.15) is 5.10 Å². The monoisotopic (exact) mass is 189 g/mol. The third-order valence-electron chi connectivity index (χ3n) is 1.27. The molecule has 0 aliphatic rings. The van der Waals surface area contributed by atoms with Crippen molar-refractivity contribution in [2.24, 2.45) is 12.2 Å². The molecule has 0 saturated carbocycles. The highest BCUT2D eigenvalue weighted by Crippen LogP contribution is 1.97. The van der Waals surface area contributed by atoms with E-state index in [1.54, 1.807) is 0 Å². The summed E-state index contributed by atoms with van der Waals surface area (Å²) in [6, 6.07) is 0.919. The summed E-state index contributed by atoms with van der Waals surface area (Å²) in [4.78, 5) is 10.6. The van der Waals surface area contributed by atoms with Gasteiger partial charge in [0.1, 0.15) is 4.90 Å². The Labute approximate surface area is 68.7 Å². The summed E-state index contributed by atoms with van der Waals surface area (Å²) >= 11 is 0. The van der Waals surface area contributed by atoms with E-state index in [1.165, 1.54) is 7.05 Å². The first-order valence-electron chi connectivity index (χ1n) is 2.97. The molecule has 0 unspecified atom stereocenters. The lowest BCUT2D eigenvalue weighted by Crippen LogP contribution is -2.22. The highest BCUT2D eigenvalue weighted by Gasteiger charge is 2.08. The SMILES string of the molecule is Cn1ncc(S(N)(=O)=O)cc1=O. The molecule has 0 amide bonds. The van der Waals surface area contributed by atoms with E-state index in [4.69, 9.17) is 5.14 Å². The van der Waals surface area contributed by atoms with Crippen molar-refractivity contribution in [2.45, 2.75) is 4.90 Å². The Bertz CT molecular complexity index is 447. The van der Waals surface area contributed by atoms with E-state index in [-0.39, 0.29) is 4.90 Å². The second kappa shape index (κ2) is 2.68. The zero-order valence-corrected chi connectivity index (χ0v) is 7.08. The Hall–Kier alpha value is -1.21. The molecule has 0 aliphatic carbocycles. The van der Waals surface area contributed by atoms with Crippen molar-refractivity contribution in [3.63, 3.8) is 0 Å². The summed E-state index contributed by atoms with van der Waals surface area (Å²) in [6.45, 7) is 0. The summed E-state index contributed by atoms with van der Waals surface area (Å²) in [5.41, 5.74) is -0.512. The van der Waals surface area contributed by atoms with E-state index >= 15 is 0 Å². The second-order valence-corrected chi connectivity index (χ2v) is 3.76. The summed E-state index contributed by atoms with van der Waals surface area (Å²) in [5, 5.41) is 8.25. The Balaban J connectivity index is 3.43. The molecule has 12 heavy (non-hydrogen) atoms. The fourth-order valence-electron chi connectivity index (χ4n) is 0.608. The lowest BCUT2D eigenvalue weighted by Gasteiger charge is -1.97. The Morgan fingerprint density at radius 3 is 2.58 bits per heavy atom. The van der Waals surface area contributed by atoms with E-state index in [2.05, 4.69) is 5.10 Å². The predicted molar refractivity (Wildman–Crippen MR) is 40.9 cm³/mol. The maximum absolute atomic E-state index is 10.9. The van der Waals surface area contributed by atoms with Crippen molar-refractivity contribution in [1.82, 2.24) is 9.78 Å². The Morgan fingerprint density at radius 1 is 1.58 bits per heavy atom. The number of nitrogens with zero attached hydrogens (tertiary/aromatic N) is 2. The van der Waals surface area contributed by atoms with E-state index in [1.807, 2.05) is 0 Å². The molecule has 1 heterocycles. The van der Waals surface area contributed by atoms with Crippen molar-refractivity contribution in [2.75, 3.05) is 0 Å². The first-order chi connectivity index (χ1) is 5.41. The minimum absolute atomic E-state index is 0.273. The average Bonchev–Trinajstić information content (AvgIpc) is 1.92. The summed E-state index contributed by atoms with van der Waals surface area (Å²) in [6.07, 6.45) is 1.02. The van der Waals surface area contributed by atoms with Crippen LogP contribution in [0.4, 0.5) is 0 Å². The van der Waals surface area contributed by atoms with Crippen molar-refractivity contribution >= 4 is 10.0 Å². The van der Waals surface area contributed by atoms with Gasteiger partial charge in [-0.25, -0.2) is 18.2 Å². The molecule has 1 rings (SSSR count). The first-order valence-corrected chi connectivity index (χ1v) is 4.52. The molecular weight excluding hydrogens is 182 g/mol. The summed E-state index contributed by atoms with van der Waals surface area (Å²) < 4.78 is 22.4. The number of aromatic nitrogens is 2. The summed E-state index contributed by atoms with van der Waals surface area (Å²) in [7, 11) is -2.41. The summed E-state index contributed by atoms with van der Waals surface area (Å²) in [5.74, 6) is 0. The molecule has 0 atom stereocenters. The first kappa shape index (κ1) is 8.88. The van der Waals surface area contributed by atoms with Gasteiger partial charge >= 0.3 is 0 Å². The molecule has 1 aromatic rings. The van der Waals surface area contributed by atoms with Gasteiger partial charge in [-0.3, -0.25) is 4.79 Å². The van der Waals surface area contributed by atoms with Gasteiger partial charge < -0.3 is 0 Å². The van der Waals surface area contributed by atoms with Crippen molar-refractivity contribution in [3.05, 3.63) is 22.6 Å². The normalized spacial score (nSPS) is 11.5. The number of primary sulfonamides is 1. The lowest BCUT2D eigenvalue weighted by atomic mass is 10.6. The number of nitrogens with two attached hydrogens (primary N) is 1. The molecule has 0 spiro atoms. The van der Waals surface area contributed by atoms with Crippen LogP contribution in [0.2, 0.25) is 0 Å². The maximum atomic E-state index is 10.9. The van der Waals surface area contributed by atoms with Crippen LogP contribution in [0.25, 0.3) is 0 Å². The van der Waals surface area contributed by atoms with Crippen LogP contribution in [-0.4, -0.2) is 18.2 Å². The van der Waals surface area contributed by atoms with E-state index in [0.29, 0.717) is 0 Å². The molecule has 0 saturated heterocycles. The van der Waals surface area contributed by atoms with Gasteiger partial charge in [0.2, 0.25) is 10.0 Å². The van der Waals surface area contributed by atoms with Crippen molar-refractivity contribution in [1.29, 1.82) is 0 Å². The van der Waals surface area contributed by atoms with Gasteiger partial charge in [-0.15, -0.1) is 0 Å². The highest BCUT2D eigenvalue weighted by molar-refractivity contribution is 7.89. The quantitative estimate of drug-likeness (QED) is 0.577. The molecule has 0 aromatic carbocycles. The molecule has 0 bridgehead atoms. The Kier molecular flexibility index (Phi) is 1.99. The van der Waals surface area contributed by atoms with Crippen LogP contribution in [-0.2, 0) is 17.1 Å². The van der Waals surface area contributed by atoms with Gasteiger partial charge in [-0.05, 0) is 0 Å². The second-order valence-electron chi connectivity index (χ2n) is 2.20. The maximum Gasteiger partial charge on any atom is 0.267 e. The molecule has 1 aromatic heterocycles. The molecular formula is C5H7N3O3S. The molecule has 0 aliphatic heterocycles. The molecule has 0 radical (unpaired) electrons. The number of hydrogen-bond donors (Lipinski definition) is 1. The van der Waals surface area contributed by atoms with Crippen LogP contribution >= 0.6 is 0 Å². The van der Waals surface area contributed by atoms with Gasteiger partial charge in [0.15, 0.2) is 0 Å². The fraction of sp³-hybridized carbons (Fsp3) is 0.200. The number of aryl methyl sites for hydroxylation is 1. The lowest BCUT2D eigenvalue weighted by molar-refractivity contribution is 0.594. The molecule has 0 fully saturated rings. The van der Waals surface area contributed by atoms with Crippen LogP contribution in [0.5, 0.6) is 0 Å². The number of rotatable bonds is 1. The fourth-order valence-corrected chi connectivity index (χ4v) is 1.07. The molecule has 6 nitrogen and oxygen atoms in total. The zero-order valence-electron chi connectivity index (χ0n) is 6.26. The van der Waals surface area contributed by atoms with Gasteiger partial charge in [0, 0.05) is 13.1 Å². The minimum Gasteiger partial charge on any atom is -0.268 e. The minimum atomic E-state index is -3.82. The average molecular weight is 189 g/mol. The Morgan fingerprint density at radius 2 is 2.17 bits per heavy atom. The van der Waals surface area contributed by atoms with Crippen LogP contribution in [0.15, 0.2) is 22.0 Å². The van der Waals surface area contributed by atoms with Gasteiger partial charge in [-0.1, -0.05) is 0 Å². The standard InChI is InChI=1S/C5H7N3O3S/c1-8-5(9)2-4(3-7-8)12(6,10)11/h2-3H,1H3,(H2,6,10,11). The van der Waals surface area contributed by atoms with Crippen LogP contribution in [0, 0.1) is 0 Å². The zero-order chi connectivity index (χ0) is 9.35. The van der Waals surface area contributed by atoms with Gasteiger partial charge in [0.25, 0.3) is 5.56 Å². The number of hydrogen-bond acceptors (Lipinski definition) is 4. The van der Waals surface area contributed by atoms with Crippen molar-refractivity contribution < 1.29 is 8.42 Å². The third-order valence-corrected chi connectivity index (χ3v) is 2.15. The van der Waals surface area contributed by atoms with Crippen LogP contribution < -0.4 is 10.7 Å². The van der Waals surface area contributed by atoms with Crippen LogP contribution in [0.1, 0.15) is 0 Å². The predicted octanol–water partition coefficient (Wildman–Crippen LogP) is -1.57. The van der Waals surface area contributed by atoms with E-state index in [9.17, 15) is 13.2 Å². The topological polar surface area (TPSA) is 95.1 Å². The molecule has 2 N–H and O–H groups in total. The third kappa shape index (κ3) is 1.69. The highest BCUT2D eigenvalue weighted by atomic mass is 32.2. The molecule has 66 valence electrons. The van der Waals surface area contributed by atoms with Gasteiger partial charge in [0.05, 0.1) is 6.20 Å².